The van der Waals surface area contributed by atoms with Gasteiger partial charge in [0.1, 0.15) is 0 Å². The van der Waals surface area contributed by atoms with Crippen molar-refractivity contribution in [1.29, 1.82) is 0 Å². The molecule has 0 bridgehead atoms. The lowest BCUT2D eigenvalue weighted by molar-refractivity contribution is 1.35. The summed E-state index contributed by atoms with van der Waals surface area (Å²) in [6.45, 7) is 24.4. The number of nitrogens with zero attached hydrogens (tertiary/aromatic N) is 2. The maximum atomic E-state index is 4.34. The molecule has 0 amide bonds. The van der Waals surface area contributed by atoms with E-state index in [0.29, 0.717) is 0 Å². The first-order valence-electron chi connectivity index (χ1n) is 12.2. The van der Waals surface area contributed by atoms with Crippen LogP contribution in [0.1, 0.15) is 92.5 Å². The number of hydrogen-bond donors (Lipinski definition) is 0. The van der Waals surface area contributed by atoms with Crippen LogP contribution in [0.3, 0.4) is 0 Å². The predicted molar refractivity (Wildman–Crippen MR) is 161 cm³/mol. The molecule has 0 saturated heterocycles. The van der Waals surface area contributed by atoms with Crippen LogP contribution in [-0.2, 0) is 0 Å². The second-order valence-corrected chi connectivity index (χ2v) is 6.20. The smallest absolute Gasteiger partial charge is 0.0733 e. The second-order valence-electron chi connectivity index (χ2n) is 6.20. The summed E-state index contributed by atoms with van der Waals surface area (Å²) >= 11 is 0. The highest BCUT2D eigenvalue weighted by atomic mass is 14.7. The molecule has 2 aromatic carbocycles. The van der Waals surface area contributed by atoms with Gasteiger partial charge in [0.2, 0.25) is 0 Å². The van der Waals surface area contributed by atoms with Crippen molar-refractivity contribution in [1.82, 2.24) is 9.97 Å². The van der Waals surface area contributed by atoms with Crippen molar-refractivity contribution in [3.8, 4) is 0 Å². The zero-order chi connectivity index (χ0) is 25.1. The van der Waals surface area contributed by atoms with Gasteiger partial charge in [-0.3, -0.25) is 9.97 Å². The number of benzene rings is 2. The van der Waals surface area contributed by atoms with Crippen molar-refractivity contribution in [2.45, 2.75) is 97.9 Å². The summed E-state index contributed by atoms with van der Waals surface area (Å²) in [6, 6.07) is 16.7. The van der Waals surface area contributed by atoms with E-state index < -0.39 is 0 Å². The zero-order valence-corrected chi connectivity index (χ0v) is 22.7. The fourth-order valence-electron chi connectivity index (χ4n) is 2.91. The molecule has 0 aliphatic rings. The molecule has 0 atom stereocenters. The van der Waals surface area contributed by atoms with E-state index >= 15 is 0 Å². The minimum Gasteiger partial charge on any atom is -0.256 e. The van der Waals surface area contributed by atoms with Gasteiger partial charge in [-0.25, -0.2) is 0 Å². The lowest BCUT2D eigenvalue weighted by Gasteiger charge is -2.02. The Labute approximate surface area is 212 Å². The average molecular weight is 467 g/mol. The molecular formula is C32H54N2. The highest BCUT2D eigenvalue weighted by Crippen LogP contribution is 2.19. The molecule has 0 N–H and O–H groups in total. The fourth-order valence-corrected chi connectivity index (χ4v) is 2.91. The average Bonchev–Trinajstić information content (AvgIpc) is 2.89. The SMILES string of the molecule is C.C.CC.CC.CC.CC.Cc1ccc(C)c2ncccc12.Cc1ccc(C)c2ncccc12. The van der Waals surface area contributed by atoms with E-state index in [1.807, 2.05) is 79.9 Å². The van der Waals surface area contributed by atoms with Gasteiger partial charge in [-0.05, 0) is 62.1 Å². The molecule has 0 radical (unpaired) electrons. The first-order chi connectivity index (χ1) is 15.6. The largest absolute Gasteiger partial charge is 0.256 e. The highest BCUT2D eigenvalue weighted by Gasteiger charge is 1.99. The molecule has 2 aromatic heterocycles. The molecule has 34 heavy (non-hydrogen) atoms. The molecule has 2 heterocycles. The number of hydrogen-bond acceptors (Lipinski definition) is 2. The minimum atomic E-state index is 0. The number of aromatic nitrogens is 2. The van der Waals surface area contributed by atoms with E-state index in [2.05, 4.69) is 74.1 Å². The van der Waals surface area contributed by atoms with Crippen LogP contribution < -0.4 is 0 Å². The molecular weight excluding hydrogens is 412 g/mol. The van der Waals surface area contributed by atoms with Crippen LogP contribution in [0.5, 0.6) is 0 Å². The van der Waals surface area contributed by atoms with Gasteiger partial charge in [-0.1, -0.05) is 107 Å². The minimum absolute atomic E-state index is 0. The highest BCUT2D eigenvalue weighted by molar-refractivity contribution is 5.85. The van der Waals surface area contributed by atoms with Gasteiger partial charge < -0.3 is 0 Å². The van der Waals surface area contributed by atoms with Gasteiger partial charge in [0.25, 0.3) is 0 Å². The monoisotopic (exact) mass is 466 g/mol. The molecule has 4 aromatic rings. The number of rotatable bonds is 0. The van der Waals surface area contributed by atoms with Crippen LogP contribution in [0.15, 0.2) is 60.9 Å². The van der Waals surface area contributed by atoms with Crippen molar-refractivity contribution in [3.63, 3.8) is 0 Å². The molecule has 0 saturated carbocycles. The Morgan fingerprint density at radius 2 is 0.676 bits per heavy atom. The van der Waals surface area contributed by atoms with E-state index in [-0.39, 0.29) is 14.9 Å². The van der Waals surface area contributed by atoms with Gasteiger partial charge in [0.15, 0.2) is 0 Å². The summed E-state index contributed by atoms with van der Waals surface area (Å²) in [4.78, 5) is 8.68. The maximum Gasteiger partial charge on any atom is 0.0733 e. The first kappa shape index (κ1) is 38.5. The lowest BCUT2D eigenvalue weighted by Crippen LogP contribution is -1.84. The summed E-state index contributed by atoms with van der Waals surface area (Å²) < 4.78 is 0. The van der Waals surface area contributed by atoms with E-state index in [0.717, 1.165) is 11.0 Å². The quantitative estimate of drug-likeness (QED) is 0.257. The Bertz CT molecular complexity index is 840. The third-order valence-electron chi connectivity index (χ3n) is 4.38. The second kappa shape index (κ2) is 23.4. The van der Waals surface area contributed by atoms with Crippen molar-refractivity contribution in [2.24, 2.45) is 0 Å². The Morgan fingerprint density at radius 1 is 0.412 bits per heavy atom. The van der Waals surface area contributed by atoms with Crippen molar-refractivity contribution in [2.75, 3.05) is 0 Å². The molecule has 0 unspecified atom stereocenters. The van der Waals surface area contributed by atoms with Crippen LogP contribution in [-0.4, -0.2) is 9.97 Å². The first-order valence-corrected chi connectivity index (χ1v) is 12.2. The number of aryl methyl sites for hydroxylation is 4. The summed E-state index contributed by atoms with van der Waals surface area (Å²) in [6.07, 6.45) is 3.68. The van der Waals surface area contributed by atoms with Crippen LogP contribution in [0, 0.1) is 27.7 Å². The van der Waals surface area contributed by atoms with Crippen LogP contribution in [0.2, 0.25) is 0 Å². The lowest BCUT2D eigenvalue weighted by atomic mass is 10.1. The third kappa shape index (κ3) is 11.4. The van der Waals surface area contributed by atoms with Crippen LogP contribution >= 0.6 is 0 Å². The predicted octanol–water partition coefficient (Wildman–Crippen LogP) is 11.1. The zero-order valence-electron chi connectivity index (χ0n) is 22.7. The molecule has 192 valence electrons. The summed E-state index contributed by atoms with van der Waals surface area (Å²) in [7, 11) is 0. The standard InChI is InChI=1S/2C11H11N.4C2H6.2CH4/c2*1-8-5-6-9(2)11-10(8)4-3-7-12-11;4*1-2;;/h2*3-7H,1-2H3;4*1-2H3;2*1H4. The van der Waals surface area contributed by atoms with Crippen LogP contribution in [0.25, 0.3) is 21.8 Å². The van der Waals surface area contributed by atoms with E-state index in [4.69, 9.17) is 0 Å². The van der Waals surface area contributed by atoms with Gasteiger partial charge in [-0.2, -0.15) is 0 Å². The molecule has 0 aliphatic carbocycles. The van der Waals surface area contributed by atoms with E-state index in [9.17, 15) is 0 Å². The molecule has 2 heteroatoms. The Kier molecular flexibility index (Phi) is 26.5. The summed E-state index contributed by atoms with van der Waals surface area (Å²) in [5, 5.41) is 2.52. The molecule has 0 fully saturated rings. The Hall–Kier alpha value is -2.74. The van der Waals surface area contributed by atoms with Gasteiger partial charge in [-0.15, -0.1) is 0 Å². The summed E-state index contributed by atoms with van der Waals surface area (Å²) in [5.41, 5.74) is 7.33. The summed E-state index contributed by atoms with van der Waals surface area (Å²) in [5.74, 6) is 0. The molecule has 2 nitrogen and oxygen atoms in total. The van der Waals surface area contributed by atoms with Gasteiger partial charge >= 0.3 is 0 Å². The van der Waals surface area contributed by atoms with Crippen molar-refractivity contribution >= 4 is 21.8 Å². The van der Waals surface area contributed by atoms with E-state index in [1.54, 1.807) is 0 Å². The molecule has 0 aliphatic heterocycles. The van der Waals surface area contributed by atoms with Gasteiger partial charge in [0, 0.05) is 23.2 Å². The maximum absolute atomic E-state index is 4.34. The topological polar surface area (TPSA) is 25.8 Å². The van der Waals surface area contributed by atoms with E-state index in [1.165, 1.54) is 33.0 Å². The Balaban J connectivity index is -0.000000196. The Morgan fingerprint density at radius 3 is 0.941 bits per heavy atom. The normalized spacial score (nSPS) is 8.12. The van der Waals surface area contributed by atoms with Gasteiger partial charge in [0.05, 0.1) is 11.0 Å². The van der Waals surface area contributed by atoms with Crippen molar-refractivity contribution < 1.29 is 0 Å². The fraction of sp³-hybridized carbons (Fsp3) is 0.438. The van der Waals surface area contributed by atoms with Crippen LogP contribution in [0.4, 0.5) is 0 Å². The molecule has 0 spiro atoms. The molecule has 4 rings (SSSR count). The van der Waals surface area contributed by atoms with Crippen molar-refractivity contribution in [3.05, 3.63) is 83.2 Å². The number of pyridine rings is 2. The third-order valence-corrected chi connectivity index (χ3v) is 4.38. The number of fused-ring (bicyclic) bond motifs is 2.